The number of carbonyl (C=O) groups is 1. The summed E-state index contributed by atoms with van der Waals surface area (Å²) in [5, 5.41) is 8.76. The molecule has 0 aromatic heterocycles. The number of aliphatic hydroxyl groups is 1. The van der Waals surface area contributed by atoms with Crippen molar-refractivity contribution in [2.75, 3.05) is 0 Å². The van der Waals surface area contributed by atoms with Crippen LogP contribution in [0.5, 0.6) is 0 Å². The van der Waals surface area contributed by atoms with Gasteiger partial charge in [-0.2, -0.15) is 0 Å². The van der Waals surface area contributed by atoms with Crippen molar-refractivity contribution >= 4 is 6.29 Å². The minimum Gasteiger partial charge on any atom is -0.383 e. The third kappa shape index (κ3) is 2.34. The van der Waals surface area contributed by atoms with Crippen molar-refractivity contribution in [3.05, 3.63) is 0 Å². The normalized spacial score (nSPS) is 18.1. The quantitative estimate of drug-likeness (QED) is 0.511. The molecule has 1 unspecified atom stereocenters. The molecule has 2 heteroatoms. The maximum absolute atomic E-state index is 9.81. The summed E-state index contributed by atoms with van der Waals surface area (Å²) in [6, 6.07) is 0. The molecule has 0 aromatic carbocycles. The van der Waals surface area contributed by atoms with Crippen LogP contribution >= 0.6 is 0 Å². The lowest BCUT2D eigenvalue weighted by Gasteiger charge is -2.09. The van der Waals surface area contributed by atoms with Crippen LogP contribution in [-0.4, -0.2) is 17.0 Å². The second-order valence-corrected chi connectivity index (χ2v) is 1.83. The molecule has 2 nitrogen and oxygen atoms in total. The molecule has 0 radical (unpaired) electrons. The van der Waals surface area contributed by atoms with E-state index in [0.29, 0.717) is 12.7 Å². The summed E-state index contributed by atoms with van der Waals surface area (Å²) in [6.45, 7) is 3.24. The Morgan fingerprint density at radius 3 is 2.29 bits per heavy atom. The van der Waals surface area contributed by atoms with E-state index in [4.69, 9.17) is 5.11 Å². The summed E-state index contributed by atoms with van der Waals surface area (Å²) in [5.74, 6) is 0. The summed E-state index contributed by atoms with van der Waals surface area (Å²) < 4.78 is 0. The SMILES string of the molecule is CCC(C)(O)C=O. The van der Waals surface area contributed by atoms with Crippen molar-refractivity contribution in [2.24, 2.45) is 0 Å². The highest BCUT2D eigenvalue weighted by Gasteiger charge is 2.13. The maximum Gasteiger partial charge on any atom is 0.151 e. The number of hydrogen-bond donors (Lipinski definition) is 1. The lowest BCUT2D eigenvalue weighted by molar-refractivity contribution is -0.122. The van der Waals surface area contributed by atoms with Gasteiger partial charge in [-0.25, -0.2) is 0 Å². The Kier molecular flexibility index (Phi) is 1.96. The van der Waals surface area contributed by atoms with E-state index in [2.05, 4.69) is 0 Å². The molecule has 7 heavy (non-hydrogen) atoms. The topological polar surface area (TPSA) is 37.3 Å². The first-order valence-electron chi connectivity index (χ1n) is 2.31. The van der Waals surface area contributed by atoms with Gasteiger partial charge < -0.3 is 9.90 Å². The number of hydrogen-bond acceptors (Lipinski definition) is 2. The molecule has 0 fully saturated rings. The molecule has 0 aliphatic carbocycles. The Morgan fingerprint density at radius 2 is 2.29 bits per heavy atom. The van der Waals surface area contributed by atoms with E-state index in [1.807, 2.05) is 0 Å². The predicted octanol–water partition coefficient (Wildman–Crippen LogP) is 0.346. The van der Waals surface area contributed by atoms with Crippen LogP contribution in [0.15, 0.2) is 0 Å². The first kappa shape index (κ1) is 6.63. The second-order valence-electron chi connectivity index (χ2n) is 1.83. The zero-order valence-electron chi connectivity index (χ0n) is 4.64. The maximum atomic E-state index is 9.81. The Labute approximate surface area is 43.2 Å². The molecular formula is C5H10O2. The molecule has 0 aromatic rings. The molecule has 0 aliphatic rings. The number of rotatable bonds is 2. The first-order valence-corrected chi connectivity index (χ1v) is 2.31. The average Bonchev–Trinajstić information content (AvgIpc) is 1.68. The standard InChI is InChI=1S/C5H10O2/c1-3-5(2,7)4-6/h4,7H,3H2,1-2H3. The van der Waals surface area contributed by atoms with Gasteiger partial charge >= 0.3 is 0 Å². The molecule has 0 saturated heterocycles. The van der Waals surface area contributed by atoms with Gasteiger partial charge in [0.25, 0.3) is 0 Å². The monoisotopic (exact) mass is 102 g/mol. The van der Waals surface area contributed by atoms with E-state index in [1.165, 1.54) is 6.92 Å². The third-order valence-corrected chi connectivity index (χ3v) is 0.970. The molecule has 0 saturated carbocycles. The summed E-state index contributed by atoms with van der Waals surface area (Å²) in [4.78, 5) is 9.81. The summed E-state index contributed by atoms with van der Waals surface area (Å²) in [6.07, 6.45) is 1.03. The van der Waals surface area contributed by atoms with Gasteiger partial charge in [0.2, 0.25) is 0 Å². The summed E-state index contributed by atoms with van der Waals surface area (Å²) in [5.41, 5.74) is -1.10. The van der Waals surface area contributed by atoms with E-state index in [9.17, 15) is 4.79 Å². The number of aldehydes is 1. The van der Waals surface area contributed by atoms with Gasteiger partial charge in [0.1, 0.15) is 5.60 Å². The van der Waals surface area contributed by atoms with Gasteiger partial charge in [-0.1, -0.05) is 6.92 Å². The van der Waals surface area contributed by atoms with E-state index in [1.54, 1.807) is 6.92 Å². The van der Waals surface area contributed by atoms with E-state index in [0.717, 1.165) is 0 Å². The smallest absolute Gasteiger partial charge is 0.151 e. The minimum atomic E-state index is -1.10. The van der Waals surface area contributed by atoms with Gasteiger partial charge in [0.15, 0.2) is 6.29 Å². The Bertz CT molecular complexity index is 66.5. The van der Waals surface area contributed by atoms with Crippen LogP contribution in [0.25, 0.3) is 0 Å². The molecular weight excluding hydrogens is 92.1 g/mol. The van der Waals surface area contributed by atoms with Crippen LogP contribution in [0.2, 0.25) is 0 Å². The van der Waals surface area contributed by atoms with Gasteiger partial charge in [-0.3, -0.25) is 0 Å². The predicted molar refractivity (Wildman–Crippen MR) is 27.0 cm³/mol. The van der Waals surface area contributed by atoms with Crippen LogP contribution in [0.1, 0.15) is 20.3 Å². The van der Waals surface area contributed by atoms with Crippen molar-refractivity contribution < 1.29 is 9.90 Å². The highest BCUT2D eigenvalue weighted by molar-refractivity contribution is 5.60. The molecule has 0 heterocycles. The van der Waals surface area contributed by atoms with Crippen LogP contribution in [0.3, 0.4) is 0 Å². The average molecular weight is 102 g/mol. The van der Waals surface area contributed by atoms with E-state index >= 15 is 0 Å². The lowest BCUT2D eigenvalue weighted by atomic mass is 10.1. The zero-order chi connectivity index (χ0) is 5.91. The Hall–Kier alpha value is -0.370. The molecule has 0 bridgehead atoms. The zero-order valence-corrected chi connectivity index (χ0v) is 4.64. The lowest BCUT2D eigenvalue weighted by Crippen LogP contribution is -2.23. The van der Waals surface area contributed by atoms with Gasteiger partial charge in [-0.05, 0) is 13.3 Å². The molecule has 0 aliphatic heterocycles. The third-order valence-electron chi connectivity index (χ3n) is 0.970. The molecule has 42 valence electrons. The van der Waals surface area contributed by atoms with Crippen molar-refractivity contribution in [1.29, 1.82) is 0 Å². The first-order chi connectivity index (χ1) is 3.12. The van der Waals surface area contributed by atoms with Crippen molar-refractivity contribution in [2.45, 2.75) is 25.9 Å². The number of carbonyl (C=O) groups excluding carboxylic acids is 1. The fourth-order valence-corrected chi connectivity index (χ4v) is 0.0833. The Morgan fingerprint density at radius 1 is 1.86 bits per heavy atom. The molecule has 0 amide bonds. The molecule has 0 spiro atoms. The molecule has 0 rings (SSSR count). The Balaban J connectivity index is 3.58. The van der Waals surface area contributed by atoms with Crippen molar-refractivity contribution in [1.82, 2.24) is 0 Å². The fourth-order valence-electron chi connectivity index (χ4n) is 0.0833. The van der Waals surface area contributed by atoms with E-state index in [-0.39, 0.29) is 0 Å². The van der Waals surface area contributed by atoms with Crippen LogP contribution in [0.4, 0.5) is 0 Å². The van der Waals surface area contributed by atoms with E-state index < -0.39 is 5.60 Å². The van der Waals surface area contributed by atoms with Crippen LogP contribution < -0.4 is 0 Å². The van der Waals surface area contributed by atoms with Gasteiger partial charge in [-0.15, -0.1) is 0 Å². The van der Waals surface area contributed by atoms with Gasteiger partial charge in [0.05, 0.1) is 0 Å². The summed E-state index contributed by atoms with van der Waals surface area (Å²) >= 11 is 0. The largest absolute Gasteiger partial charge is 0.383 e. The molecule has 1 atom stereocenters. The minimum absolute atomic E-state index is 0.483. The highest BCUT2D eigenvalue weighted by Crippen LogP contribution is 2.01. The van der Waals surface area contributed by atoms with Gasteiger partial charge in [0, 0.05) is 0 Å². The second kappa shape index (κ2) is 2.07. The van der Waals surface area contributed by atoms with Crippen molar-refractivity contribution in [3.63, 3.8) is 0 Å². The van der Waals surface area contributed by atoms with Crippen LogP contribution in [-0.2, 0) is 4.79 Å². The molecule has 1 N–H and O–H groups in total. The summed E-state index contributed by atoms with van der Waals surface area (Å²) in [7, 11) is 0. The van der Waals surface area contributed by atoms with Crippen molar-refractivity contribution in [3.8, 4) is 0 Å². The fraction of sp³-hybridized carbons (Fsp3) is 0.800. The highest BCUT2D eigenvalue weighted by atomic mass is 16.3. The van der Waals surface area contributed by atoms with Crippen LogP contribution in [0, 0.1) is 0 Å².